The molecule has 2 aliphatic rings. The van der Waals surface area contributed by atoms with E-state index in [0.29, 0.717) is 22.9 Å². The van der Waals surface area contributed by atoms with Gasteiger partial charge in [-0.05, 0) is 38.8 Å². The molecule has 1 saturated heterocycles. The molecule has 8 nitrogen and oxygen atoms in total. The summed E-state index contributed by atoms with van der Waals surface area (Å²) in [6.45, 7) is 5.92. The van der Waals surface area contributed by atoms with Crippen molar-refractivity contribution in [3.8, 4) is 11.5 Å². The molecule has 1 aromatic heterocycles. The number of nitrogens with one attached hydrogen (secondary N) is 2. The first kappa shape index (κ1) is 16.4. The molecule has 0 bridgehead atoms. The molecule has 0 spiro atoms. The Morgan fingerprint density at radius 3 is 2.46 bits per heavy atom. The summed E-state index contributed by atoms with van der Waals surface area (Å²) in [4.78, 5) is 23.7. The maximum atomic E-state index is 12.4. The van der Waals surface area contributed by atoms with Gasteiger partial charge in [-0.1, -0.05) is 0 Å². The monoisotopic (exact) mass is 355 g/mol. The molecule has 3 heterocycles. The number of hydrogen-bond donors (Lipinski definition) is 2. The third-order valence-corrected chi connectivity index (χ3v) is 4.52. The van der Waals surface area contributed by atoms with Crippen molar-refractivity contribution in [1.29, 1.82) is 0 Å². The van der Waals surface area contributed by atoms with Crippen LogP contribution in [0.1, 0.15) is 24.2 Å². The van der Waals surface area contributed by atoms with Crippen molar-refractivity contribution in [2.75, 3.05) is 35.4 Å². The van der Waals surface area contributed by atoms with Crippen LogP contribution in [0, 0.1) is 13.8 Å². The van der Waals surface area contributed by atoms with Crippen molar-refractivity contribution in [2.24, 2.45) is 0 Å². The van der Waals surface area contributed by atoms with E-state index in [-0.39, 0.29) is 12.8 Å². The van der Waals surface area contributed by atoms with Crippen molar-refractivity contribution in [3.63, 3.8) is 0 Å². The lowest BCUT2D eigenvalue weighted by molar-refractivity contribution is 0.174. The fourth-order valence-electron chi connectivity index (χ4n) is 3.19. The van der Waals surface area contributed by atoms with Crippen LogP contribution in [0.15, 0.2) is 18.2 Å². The summed E-state index contributed by atoms with van der Waals surface area (Å²) >= 11 is 0. The number of benzene rings is 1. The normalized spacial score (nSPS) is 15.2. The lowest BCUT2D eigenvalue weighted by atomic mass is 10.2. The summed E-state index contributed by atoms with van der Waals surface area (Å²) < 4.78 is 10.6. The van der Waals surface area contributed by atoms with E-state index in [1.165, 1.54) is 12.8 Å². The van der Waals surface area contributed by atoms with Crippen molar-refractivity contribution < 1.29 is 14.3 Å². The van der Waals surface area contributed by atoms with Gasteiger partial charge in [-0.15, -0.1) is 0 Å². The summed E-state index contributed by atoms with van der Waals surface area (Å²) in [5.41, 5.74) is 2.75. The van der Waals surface area contributed by atoms with E-state index in [2.05, 4.69) is 25.5 Å². The van der Waals surface area contributed by atoms with Gasteiger partial charge in [0.25, 0.3) is 0 Å². The highest BCUT2D eigenvalue weighted by Gasteiger charge is 2.19. The first-order valence-corrected chi connectivity index (χ1v) is 8.68. The van der Waals surface area contributed by atoms with Crippen molar-refractivity contribution in [1.82, 2.24) is 9.97 Å². The van der Waals surface area contributed by atoms with E-state index in [9.17, 15) is 4.79 Å². The van der Waals surface area contributed by atoms with Gasteiger partial charge in [-0.2, -0.15) is 0 Å². The number of rotatable bonds is 3. The van der Waals surface area contributed by atoms with Crippen molar-refractivity contribution in [2.45, 2.75) is 26.7 Å². The number of carbonyl (C=O) groups excluding carboxylic acids is 1. The molecule has 26 heavy (non-hydrogen) atoms. The first-order chi connectivity index (χ1) is 12.6. The molecule has 2 N–H and O–H groups in total. The zero-order valence-electron chi connectivity index (χ0n) is 14.8. The van der Waals surface area contributed by atoms with E-state index in [0.717, 1.165) is 30.4 Å². The molecule has 2 aromatic rings. The predicted octanol–water partition coefficient (Wildman–Crippen LogP) is 3.07. The summed E-state index contributed by atoms with van der Waals surface area (Å²) in [5.74, 6) is 2.03. The molecule has 4 rings (SSSR count). The van der Waals surface area contributed by atoms with Crippen LogP contribution < -0.4 is 25.0 Å². The van der Waals surface area contributed by atoms with Gasteiger partial charge in [0, 0.05) is 24.8 Å². The second kappa shape index (κ2) is 6.70. The average Bonchev–Trinajstić information content (AvgIpc) is 3.29. The Morgan fingerprint density at radius 2 is 1.73 bits per heavy atom. The van der Waals surface area contributed by atoms with Gasteiger partial charge >= 0.3 is 6.03 Å². The molecule has 1 fully saturated rings. The third-order valence-electron chi connectivity index (χ3n) is 4.52. The minimum Gasteiger partial charge on any atom is -0.454 e. The van der Waals surface area contributed by atoms with Crippen molar-refractivity contribution >= 4 is 23.4 Å². The molecule has 0 radical (unpaired) electrons. The summed E-state index contributed by atoms with van der Waals surface area (Å²) in [6.07, 6.45) is 2.33. The van der Waals surface area contributed by atoms with E-state index < -0.39 is 0 Å². The third kappa shape index (κ3) is 3.22. The number of nitrogens with zero attached hydrogens (tertiary/aromatic N) is 3. The maximum Gasteiger partial charge on any atom is 0.323 e. The van der Waals surface area contributed by atoms with Crippen LogP contribution in [0.25, 0.3) is 0 Å². The zero-order chi connectivity index (χ0) is 18.1. The van der Waals surface area contributed by atoms with Gasteiger partial charge < -0.3 is 25.0 Å². The second-order valence-corrected chi connectivity index (χ2v) is 6.41. The first-order valence-electron chi connectivity index (χ1n) is 8.68. The van der Waals surface area contributed by atoms with Gasteiger partial charge in [0.05, 0.1) is 17.1 Å². The van der Waals surface area contributed by atoms with Gasteiger partial charge in [0.1, 0.15) is 0 Å². The summed E-state index contributed by atoms with van der Waals surface area (Å²) in [6, 6.07) is 4.91. The fourth-order valence-corrected chi connectivity index (χ4v) is 3.19. The molecule has 2 amide bonds. The minimum atomic E-state index is -0.354. The Kier molecular flexibility index (Phi) is 4.24. The Bertz CT molecular complexity index is 826. The number of amides is 2. The van der Waals surface area contributed by atoms with Crippen LogP contribution in [0.4, 0.5) is 22.1 Å². The highest BCUT2D eigenvalue weighted by atomic mass is 16.7. The van der Waals surface area contributed by atoms with Gasteiger partial charge in [0.2, 0.25) is 12.7 Å². The highest BCUT2D eigenvalue weighted by Crippen LogP contribution is 2.34. The topological polar surface area (TPSA) is 88.6 Å². The zero-order valence-corrected chi connectivity index (χ0v) is 14.8. The number of carbonyl (C=O) groups is 1. The predicted molar refractivity (Wildman–Crippen MR) is 98.2 cm³/mol. The van der Waals surface area contributed by atoms with Gasteiger partial charge in [-0.25, -0.2) is 14.8 Å². The van der Waals surface area contributed by atoms with E-state index in [1.807, 2.05) is 13.8 Å². The highest BCUT2D eigenvalue weighted by molar-refractivity contribution is 6.00. The van der Waals surface area contributed by atoms with Crippen LogP contribution in [0.2, 0.25) is 0 Å². The second-order valence-electron chi connectivity index (χ2n) is 6.41. The number of ether oxygens (including phenoxy) is 2. The molecule has 2 aliphatic heterocycles. The molecular weight excluding hydrogens is 334 g/mol. The molecular formula is C18H21N5O3. The SMILES string of the molecule is Cc1nc(N2CCCC2)nc(C)c1NC(=O)Nc1ccc2c(c1)OCO2. The average molecular weight is 355 g/mol. The number of aromatic nitrogens is 2. The smallest absolute Gasteiger partial charge is 0.323 e. The summed E-state index contributed by atoms with van der Waals surface area (Å²) in [5, 5.41) is 5.64. The Morgan fingerprint density at radius 1 is 1.04 bits per heavy atom. The Labute approximate surface area is 151 Å². The molecule has 0 aliphatic carbocycles. The number of anilines is 3. The van der Waals surface area contributed by atoms with Crippen LogP contribution in [-0.2, 0) is 0 Å². The number of fused-ring (bicyclic) bond motifs is 1. The van der Waals surface area contributed by atoms with Gasteiger partial charge in [0.15, 0.2) is 11.5 Å². The molecule has 1 aromatic carbocycles. The minimum absolute atomic E-state index is 0.198. The van der Waals surface area contributed by atoms with Crippen molar-refractivity contribution in [3.05, 3.63) is 29.6 Å². The number of aryl methyl sites for hydroxylation is 2. The Hall–Kier alpha value is -3.03. The van der Waals surface area contributed by atoms with Crippen LogP contribution >= 0.6 is 0 Å². The molecule has 0 saturated carbocycles. The van der Waals surface area contributed by atoms with E-state index in [4.69, 9.17) is 9.47 Å². The fraction of sp³-hybridized carbons (Fsp3) is 0.389. The standard InChI is InChI=1S/C18H21N5O3/c1-11-16(12(2)20-17(19-11)23-7-3-4-8-23)22-18(24)21-13-5-6-14-15(9-13)26-10-25-14/h5-6,9H,3-4,7-8,10H2,1-2H3,(H2,21,22,24). The quantitative estimate of drug-likeness (QED) is 0.880. The molecule has 8 heteroatoms. The largest absolute Gasteiger partial charge is 0.454 e. The lowest BCUT2D eigenvalue weighted by Crippen LogP contribution is -2.24. The van der Waals surface area contributed by atoms with Crippen LogP contribution in [0.5, 0.6) is 11.5 Å². The van der Waals surface area contributed by atoms with E-state index in [1.54, 1.807) is 18.2 Å². The number of urea groups is 1. The lowest BCUT2D eigenvalue weighted by Gasteiger charge is -2.18. The van der Waals surface area contributed by atoms with E-state index >= 15 is 0 Å². The Balaban J connectivity index is 1.47. The summed E-state index contributed by atoms with van der Waals surface area (Å²) in [7, 11) is 0. The number of hydrogen-bond acceptors (Lipinski definition) is 6. The van der Waals surface area contributed by atoms with Crippen LogP contribution in [-0.4, -0.2) is 35.9 Å². The van der Waals surface area contributed by atoms with Crippen LogP contribution in [0.3, 0.4) is 0 Å². The molecule has 0 atom stereocenters. The molecule has 136 valence electrons. The molecule has 0 unspecified atom stereocenters. The van der Waals surface area contributed by atoms with Gasteiger partial charge in [-0.3, -0.25) is 0 Å². The maximum absolute atomic E-state index is 12.4.